The molecule has 1 aromatic carbocycles. The lowest BCUT2D eigenvalue weighted by Crippen LogP contribution is -2.33. The third-order valence-corrected chi connectivity index (χ3v) is 3.23. The maximum absolute atomic E-state index is 5.62. The van der Waals surface area contributed by atoms with Gasteiger partial charge in [-0.1, -0.05) is 12.1 Å². The Morgan fingerprint density at radius 1 is 1.41 bits per heavy atom. The van der Waals surface area contributed by atoms with Gasteiger partial charge >= 0.3 is 0 Å². The van der Waals surface area contributed by atoms with Crippen molar-refractivity contribution in [3.05, 3.63) is 24.3 Å². The molecule has 2 aromatic rings. The standard InChI is InChI=1S/C13H17N3O/c1-2-6-12-11(5-1)16-13(17-12)15-9-10-4-3-7-14-8-10/h1-2,5-6,10,14H,3-4,7-9H2,(H,15,16)/t10-/m1/s1. The van der Waals surface area contributed by atoms with Gasteiger partial charge in [0.15, 0.2) is 5.58 Å². The van der Waals surface area contributed by atoms with Crippen molar-refractivity contribution in [3.63, 3.8) is 0 Å². The summed E-state index contributed by atoms with van der Waals surface area (Å²) in [5.41, 5.74) is 1.76. The normalized spacial score (nSPS) is 20.6. The lowest BCUT2D eigenvalue weighted by atomic mass is 10.00. The average molecular weight is 231 g/mol. The molecule has 0 saturated carbocycles. The van der Waals surface area contributed by atoms with Crippen LogP contribution in [-0.4, -0.2) is 24.6 Å². The second-order valence-corrected chi connectivity index (χ2v) is 4.58. The molecule has 1 fully saturated rings. The largest absolute Gasteiger partial charge is 0.424 e. The molecular weight excluding hydrogens is 214 g/mol. The highest BCUT2D eigenvalue weighted by atomic mass is 16.4. The first-order valence-electron chi connectivity index (χ1n) is 6.22. The van der Waals surface area contributed by atoms with Crippen LogP contribution in [-0.2, 0) is 0 Å². The van der Waals surface area contributed by atoms with Gasteiger partial charge in [0, 0.05) is 6.54 Å². The Balaban J connectivity index is 1.64. The van der Waals surface area contributed by atoms with Gasteiger partial charge in [-0.15, -0.1) is 0 Å². The molecule has 90 valence electrons. The smallest absolute Gasteiger partial charge is 0.295 e. The van der Waals surface area contributed by atoms with Crippen molar-refractivity contribution in [2.75, 3.05) is 25.0 Å². The number of anilines is 1. The molecule has 1 aromatic heterocycles. The Morgan fingerprint density at radius 2 is 2.35 bits per heavy atom. The van der Waals surface area contributed by atoms with Crippen LogP contribution in [0.3, 0.4) is 0 Å². The Hall–Kier alpha value is -1.55. The zero-order valence-electron chi connectivity index (χ0n) is 9.78. The molecule has 0 bridgehead atoms. The summed E-state index contributed by atoms with van der Waals surface area (Å²) in [6.07, 6.45) is 2.54. The maximum atomic E-state index is 5.62. The molecule has 4 heteroatoms. The third-order valence-electron chi connectivity index (χ3n) is 3.23. The number of nitrogens with zero attached hydrogens (tertiary/aromatic N) is 1. The van der Waals surface area contributed by atoms with E-state index in [1.165, 1.54) is 12.8 Å². The van der Waals surface area contributed by atoms with Crippen molar-refractivity contribution in [2.45, 2.75) is 12.8 Å². The summed E-state index contributed by atoms with van der Waals surface area (Å²) in [7, 11) is 0. The average Bonchev–Trinajstić information content (AvgIpc) is 2.80. The highest BCUT2D eigenvalue weighted by molar-refractivity contribution is 5.74. The van der Waals surface area contributed by atoms with Crippen LogP contribution in [0.4, 0.5) is 6.01 Å². The van der Waals surface area contributed by atoms with Gasteiger partial charge in [0.2, 0.25) is 0 Å². The summed E-state index contributed by atoms with van der Waals surface area (Å²) in [5.74, 6) is 0.679. The molecule has 0 radical (unpaired) electrons. The van der Waals surface area contributed by atoms with Crippen LogP contribution in [0.5, 0.6) is 0 Å². The molecule has 1 saturated heterocycles. The Kier molecular flexibility index (Phi) is 2.96. The zero-order valence-corrected chi connectivity index (χ0v) is 9.78. The van der Waals surface area contributed by atoms with E-state index in [9.17, 15) is 0 Å². The van der Waals surface area contributed by atoms with E-state index in [1.54, 1.807) is 0 Å². The molecule has 3 rings (SSSR count). The van der Waals surface area contributed by atoms with Gasteiger partial charge in [0.1, 0.15) is 5.52 Å². The van der Waals surface area contributed by atoms with Crippen molar-refractivity contribution < 1.29 is 4.42 Å². The number of benzene rings is 1. The molecule has 2 N–H and O–H groups in total. The predicted molar refractivity (Wildman–Crippen MR) is 68.1 cm³/mol. The van der Waals surface area contributed by atoms with Gasteiger partial charge in [0.05, 0.1) is 0 Å². The summed E-state index contributed by atoms with van der Waals surface area (Å²) in [6, 6.07) is 8.47. The van der Waals surface area contributed by atoms with Gasteiger partial charge in [-0.05, 0) is 44.0 Å². The van der Waals surface area contributed by atoms with Gasteiger partial charge < -0.3 is 15.1 Å². The number of piperidine rings is 1. The molecule has 17 heavy (non-hydrogen) atoms. The molecule has 4 nitrogen and oxygen atoms in total. The van der Waals surface area contributed by atoms with E-state index in [2.05, 4.69) is 15.6 Å². The van der Waals surface area contributed by atoms with Crippen LogP contribution >= 0.6 is 0 Å². The predicted octanol–water partition coefficient (Wildman–Crippen LogP) is 2.24. The molecule has 1 aliphatic rings. The van der Waals surface area contributed by atoms with Crippen molar-refractivity contribution in [1.82, 2.24) is 10.3 Å². The van der Waals surface area contributed by atoms with Crippen LogP contribution in [0.15, 0.2) is 28.7 Å². The summed E-state index contributed by atoms with van der Waals surface area (Å²) in [5, 5.41) is 6.69. The van der Waals surface area contributed by atoms with Crippen LogP contribution in [0.1, 0.15) is 12.8 Å². The number of nitrogens with one attached hydrogen (secondary N) is 2. The fraction of sp³-hybridized carbons (Fsp3) is 0.462. The van der Waals surface area contributed by atoms with Gasteiger partial charge in [0.25, 0.3) is 6.01 Å². The first-order valence-corrected chi connectivity index (χ1v) is 6.22. The second-order valence-electron chi connectivity index (χ2n) is 4.58. The first-order chi connectivity index (χ1) is 8.42. The summed E-state index contributed by atoms with van der Waals surface area (Å²) in [6.45, 7) is 3.17. The zero-order chi connectivity index (χ0) is 11.5. The minimum absolute atomic E-state index is 0.636. The van der Waals surface area contributed by atoms with E-state index in [0.29, 0.717) is 11.9 Å². The monoisotopic (exact) mass is 231 g/mol. The van der Waals surface area contributed by atoms with Crippen LogP contribution < -0.4 is 10.6 Å². The van der Waals surface area contributed by atoms with E-state index < -0.39 is 0 Å². The number of hydrogen-bond donors (Lipinski definition) is 2. The van der Waals surface area contributed by atoms with E-state index >= 15 is 0 Å². The van der Waals surface area contributed by atoms with Crippen molar-refractivity contribution in [1.29, 1.82) is 0 Å². The lowest BCUT2D eigenvalue weighted by molar-refractivity contribution is 0.390. The van der Waals surface area contributed by atoms with Gasteiger partial charge in [-0.25, -0.2) is 0 Å². The number of hydrogen-bond acceptors (Lipinski definition) is 4. The molecule has 0 aliphatic carbocycles. The molecule has 0 unspecified atom stereocenters. The summed E-state index contributed by atoms with van der Waals surface area (Å²) in [4.78, 5) is 4.40. The fourth-order valence-electron chi connectivity index (χ4n) is 2.28. The molecule has 0 spiro atoms. The van der Waals surface area contributed by atoms with Crippen molar-refractivity contribution in [3.8, 4) is 0 Å². The minimum Gasteiger partial charge on any atom is -0.424 e. The molecular formula is C13H17N3O. The van der Waals surface area contributed by atoms with Crippen molar-refractivity contribution >= 4 is 17.1 Å². The van der Waals surface area contributed by atoms with Crippen LogP contribution in [0, 0.1) is 5.92 Å². The Labute approximate surface area is 100 Å². The third kappa shape index (κ3) is 2.42. The molecule has 2 heterocycles. The Morgan fingerprint density at radius 3 is 3.18 bits per heavy atom. The highest BCUT2D eigenvalue weighted by Gasteiger charge is 2.13. The number of oxazole rings is 1. The molecule has 1 aliphatic heterocycles. The second kappa shape index (κ2) is 4.75. The summed E-state index contributed by atoms with van der Waals surface area (Å²) < 4.78 is 5.62. The van der Waals surface area contributed by atoms with Crippen LogP contribution in [0.25, 0.3) is 11.1 Å². The Bertz CT molecular complexity index is 455. The van der Waals surface area contributed by atoms with E-state index in [1.807, 2.05) is 24.3 Å². The quantitative estimate of drug-likeness (QED) is 0.850. The molecule has 1 atom stereocenters. The van der Waals surface area contributed by atoms with Crippen molar-refractivity contribution in [2.24, 2.45) is 5.92 Å². The van der Waals surface area contributed by atoms with E-state index in [0.717, 1.165) is 30.7 Å². The SMILES string of the molecule is c1ccc2oc(NC[C@@H]3CCCNC3)nc2c1. The maximum Gasteiger partial charge on any atom is 0.295 e. The van der Waals surface area contributed by atoms with Gasteiger partial charge in [-0.3, -0.25) is 0 Å². The number of fused-ring (bicyclic) bond motifs is 1. The van der Waals surface area contributed by atoms with Gasteiger partial charge in [-0.2, -0.15) is 4.98 Å². The molecule has 0 amide bonds. The number of para-hydroxylation sites is 2. The van der Waals surface area contributed by atoms with E-state index in [4.69, 9.17) is 4.42 Å². The number of aromatic nitrogens is 1. The summed E-state index contributed by atoms with van der Waals surface area (Å²) >= 11 is 0. The topological polar surface area (TPSA) is 50.1 Å². The minimum atomic E-state index is 0.636. The highest BCUT2D eigenvalue weighted by Crippen LogP contribution is 2.19. The first kappa shape index (κ1) is 10.6. The number of rotatable bonds is 3. The van der Waals surface area contributed by atoms with E-state index in [-0.39, 0.29) is 0 Å². The van der Waals surface area contributed by atoms with Crippen LogP contribution in [0.2, 0.25) is 0 Å². The lowest BCUT2D eigenvalue weighted by Gasteiger charge is -2.22. The fourth-order valence-corrected chi connectivity index (χ4v) is 2.28.